The Labute approximate surface area is 269 Å². The summed E-state index contributed by atoms with van der Waals surface area (Å²) in [6, 6.07) is 53.0. The standard InChI is InChI=1S/C43H25N3O/c1-2-9-29-21-32(17-13-26(29)7-1)41-44-42(33-18-16-28-15-14-27-8-5-6-12-35(27)37(28)23-33)46-43(45-41)34-19-20-36-38-22-30-10-3-4-11-31(30)24-40(38)47-39(36)25-34/h1-25H. The molecule has 0 bridgehead atoms. The van der Waals surface area contributed by atoms with E-state index in [0.717, 1.165) is 49.4 Å². The zero-order valence-electron chi connectivity index (χ0n) is 25.2. The maximum Gasteiger partial charge on any atom is 0.164 e. The van der Waals surface area contributed by atoms with Gasteiger partial charge in [0.2, 0.25) is 0 Å². The zero-order valence-corrected chi connectivity index (χ0v) is 25.2. The van der Waals surface area contributed by atoms with Gasteiger partial charge in [-0.05, 0) is 79.5 Å². The van der Waals surface area contributed by atoms with E-state index in [1.165, 1.54) is 32.3 Å². The van der Waals surface area contributed by atoms with Gasteiger partial charge in [0.25, 0.3) is 0 Å². The van der Waals surface area contributed by atoms with Crippen molar-refractivity contribution >= 4 is 65.0 Å². The minimum atomic E-state index is 0.601. The van der Waals surface area contributed by atoms with E-state index >= 15 is 0 Å². The Morgan fingerprint density at radius 1 is 0.298 bits per heavy atom. The molecule has 0 spiro atoms. The van der Waals surface area contributed by atoms with Gasteiger partial charge in [0.05, 0.1) is 0 Å². The van der Waals surface area contributed by atoms with Crippen molar-refractivity contribution in [3.8, 4) is 34.2 Å². The maximum atomic E-state index is 6.42. The van der Waals surface area contributed by atoms with Crippen LogP contribution < -0.4 is 0 Å². The van der Waals surface area contributed by atoms with Gasteiger partial charge in [0.15, 0.2) is 17.5 Å². The van der Waals surface area contributed by atoms with Gasteiger partial charge < -0.3 is 4.42 Å². The molecular weight excluding hydrogens is 574 g/mol. The summed E-state index contributed by atoms with van der Waals surface area (Å²) < 4.78 is 6.42. The van der Waals surface area contributed by atoms with Crippen LogP contribution in [0.5, 0.6) is 0 Å². The van der Waals surface area contributed by atoms with Crippen LogP contribution in [0.4, 0.5) is 0 Å². The number of furan rings is 1. The molecule has 10 aromatic rings. The van der Waals surface area contributed by atoms with Gasteiger partial charge in [-0.25, -0.2) is 15.0 Å². The molecule has 4 heteroatoms. The van der Waals surface area contributed by atoms with Crippen LogP contribution in [0, 0.1) is 0 Å². The van der Waals surface area contributed by atoms with Crippen LogP contribution in [0.25, 0.3) is 99.2 Å². The van der Waals surface area contributed by atoms with Gasteiger partial charge in [-0.15, -0.1) is 0 Å². The van der Waals surface area contributed by atoms with Crippen LogP contribution in [0.15, 0.2) is 156 Å². The molecule has 0 saturated heterocycles. The van der Waals surface area contributed by atoms with Crippen molar-refractivity contribution in [2.45, 2.75) is 0 Å². The van der Waals surface area contributed by atoms with Crippen LogP contribution in [-0.2, 0) is 0 Å². The minimum absolute atomic E-state index is 0.601. The predicted molar refractivity (Wildman–Crippen MR) is 193 cm³/mol. The first-order chi connectivity index (χ1) is 23.2. The quantitative estimate of drug-likeness (QED) is 0.190. The summed E-state index contributed by atoms with van der Waals surface area (Å²) in [6.45, 7) is 0. The third-order valence-corrected chi connectivity index (χ3v) is 9.25. The molecule has 0 amide bonds. The molecule has 0 aliphatic heterocycles. The summed E-state index contributed by atoms with van der Waals surface area (Å²) in [5.74, 6) is 1.86. The van der Waals surface area contributed by atoms with Crippen molar-refractivity contribution in [2.24, 2.45) is 0 Å². The highest BCUT2D eigenvalue weighted by Crippen LogP contribution is 2.36. The molecule has 218 valence electrons. The normalized spacial score (nSPS) is 11.8. The Morgan fingerprint density at radius 2 is 0.787 bits per heavy atom. The molecule has 0 aliphatic carbocycles. The molecule has 4 nitrogen and oxygen atoms in total. The van der Waals surface area contributed by atoms with Crippen molar-refractivity contribution in [2.75, 3.05) is 0 Å². The molecular formula is C43H25N3O. The molecule has 0 radical (unpaired) electrons. The monoisotopic (exact) mass is 599 g/mol. The number of nitrogens with zero attached hydrogens (tertiary/aromatic N) is 3. The van der Waals surface area contributed by atoms with E-state index in [-0.39, 0.29) is 0 Å². The Bertz CT molecular complexity index is 2870. The molecule has 0 saturated carbocycles. The molecule has 2 aromatic heterocycles. The third-order valence-electron chi connectivity index (χ3n) is 9.25. The minimum Gasteiger partial charge on any atom is -0.456 e. The summed E-state index contributed by atoms with van der Waals surface area (Å²) in [5.41, 5.74) is 4.43. The summed E-state index contributed by atoms with van der Waals surface area (Å²) in [4.78, 5) is 15.2. The van der Waals surface area contributed by atoms with Crippen LogP contribution in [0.2, 0.25) is 0 Å². The molecule has 10 rings (SSSR count). The van der Waals surface area contributed by atoms with Gasteiger partial charge in [0, 0.05) is 27.5 Å². The van der Waals surface area contributed by atoms with E-state index in [1.807, 2.05) is 0 Å². The number of rotatable bonds is 3. The highest BCUT2D eigenvalue weighted by molar-refractivity contribution is 6.11. The van der Waals surface area contributed by atoms with E-state index in [9.17, 15) is 0 Å². The Balaban J connectivity index is 1.18. The largest absolute Gasteiger partial charge is 0.456 e. The average Bonchev–Trinajstić information content (AvgIpc) is 3.49. The molecule has 8 aromatic carbocycles. The third kappa shape index (κ3) is 4.27. The lowest BCUT2D eigenvalue weighted by Gasteiger charge is -2.10. The molecule has 47 heavy (non-hydrogen) atoms. The van der Waals surface area contributed by atoms with Gasteiger partial charge in [0.1, 0.15) is 11.2 Å². The second-order valence-electron chi connectivity index (χ2n) is 12.1. The van der Waals surface area contributed by atoms with E-state index in [0.29, 0.717) is 17.5 Å². The lowest BCUT2D eigenvalue weighted by molar-refractivity contribution is 0.669. The van der Waals surface area contributed by atoms with E-state index in [2.05, 4.69) is 152 Å². The lowest BCUT2D eigenvalue weighted by Crippen LogP contribution is -2.00. The number of hydrogen-bond donors (Lipinski definition) is 0. The fraction of sp³-hybridized carbons (Fsp3) is 0. The highest BCUT2D eigenvalue weighted by atomic mass is 16.3. The van der Waals surface area contributed by atoms with Crippen LogP contribution in [0.3, 0.4) is 0 Å². The van der Waals surface area contributed by atoms with Gasteiger partial charge >= 0.3 is 0 Å². The van der Waals surface area contributed by atoms with Crippen LogP contribution in [0.1, 0.15) is 0 Å². The van der Waals surface area contributed by atoms with Crippen molar-refractivity contribution in [3.63, 3.8) is 0 Å². The molecule has 0 N–H and O–H groups in total. The maximum absolute atomic E-state index is 6.42. The fourth-order valence-corrected chi connectivity index (χ4v) is 6.83. The van der Waals surface area contributed by atoms with Gasteiger partial charge in [-0.1, -0.05) is 115 Å². The Hall–Kier alpha value is -6.39. The summed E-state index contributed by atoms with van der Waals surface area (Å²) in [6.07, 6.45) is 0. The number of hydrogen-bond acceptors (Lipinski definition) is 4. The van der Waals surface area contributed by atoms with Crippen LogP contribution >= 0.6 is 0 Å². The van der Waals surface area contributed by atoms with Crippen molar-refractivity contribution in [3.05, 3.63) is 152 Å². The van der Waals surface area contributed by atoms with Crippen molar-refractivity contribution in [1.82, 2.24) is 15.0 Å². The Kier molecular flexibility index (Phi) is 5.54. The topological polar surface area (TPSA) is 51.8 Å². The molecule has 0 atom stereocenters. The average molecular weight is 600 g/mol. The molecule has 0 fully saturated rings. The summed E-state index contributed by atoms with van der Waals surface area (Å²) in [5, 5.41) is 11.6. The number of benzene rings is 8. The highest BCUT2D eigenvalue weighted by Gasteiger charge is 2.16. The smallest absolute Gasteiger partial charge is 0.164 e. The molecule has 0 aliphatic rings. The van der Waals surface area contributed by atoms with Gasteiger partial charge in [-0.3, -0.25) is 0 Å². The first-order valence-electron chi connectivity index (χ1n) is 15.8. The molecule has 2 heterocycles. The second-order valence-corrected chi connectivity index (χ2v) is 12.1. The SMILES string of the molecule is c1ccc2cc(-c3nc(-c4ccc5c(c4)oc4cc6ccccc6cc45)nc(-c4ccc5ccc6ccccc6c5c4)n3)ccc2c1. The summed E-state index contributed by atoms with van der Waals surface area (Å²) >= 11 is 0. The molecule has 0 unspecified atom stereocenters. The van der Waals surface area contributed by atoms with E-state index in [4.69, 9.17) is 19.4 Å². The van der Waals surface area contributed by atoms with Crippen molar-refractivity contribution in [1.29, 1.82) is 0 Å². The lowest BCUT2D eigenvalue weighted by atomic mass is 10.00. The number of aromatic nitrogens is 3. The van der Waals surface area contributed by atoms with Crippen LogP contribution in [-0.4, -0.2) is 15.0 Å². The second kappa shape index (κ2) is 10.1. The predicted octanol–water partition coefficient (Wildman–Crippen LogP) is 11.4. The Morgan fingerprint density at radius 3 is 1.53 bits per heavy atom. The van der Waals surface area contributed by atoms with Crippen molar-refractivity contribution < 1.29 is 4.42 Å². The first-order valence-corrected chi connectivity index (χ1v) is 15.8. The number of fused-ring (bicyclic) bond motifs is 8. The fourth-order valence-electron chi connectivity index (χ4n) is 6.83. The first kappa shape index (κ1) is 25.9. The van der Waals surface area contributed by atoms with Gasteiger partial charge in [-0.2, -0.15) is 0 Å². The zero-order chi connectivity index (χ0) is 30.9. The van der Waals surface area contributed by atoms with E-state index in [1.54, 1.807) is 0 Å². The van der Waals surface area contributed by atoms with E-state index < -0.39 is 0 Å². The summed E-state index contributed by atoms with van der Waals surface area (Å²) in [7, 11) is 0.